The highest BCUT2D eigenvalue weighted by molar-refractivity contribution is 7.89. The molecule has 0 radical (unpaired) electrons. The normalized spacial score (nSPS) is 21.3. The lowest BCUT2D eigenvalue weighted by Gasteiger charge is -2.31. The Balaban J connectivity index is 1.48. The first-order chi connectivity index (χ1) is 13.0. The van der Waals surface area contributed by atoms with Crippen LogP contribution in [0.1, 0.15) is 18.0 Å². The van der Waals surface area contributed by atoms with Crippen molar-refractivity contribution in [2.45, 2.75) is 17.4 Å². The maximum atomic E-state index is 12.8. The summed E-state index contributed by atoms with van der Waals surface area (Å²) >= 11 is 0. The zero-order valence-electron chi connectivity index (χ0n) is 15.3. The summed E-state index contributed by atoms with van der Waals surface area (Å²) in [6, 6.07) is 11.4. The van der Waals surface area contributed by atoms with E-state index in [-0.39, 0.29) is 10.9 Å². The molecular formula is C19H24N4O3S. The molecule has 4 rings (SSSR count). The third kappa shape index (κ3) is 3.78. The summed E-state index contributed by atoms with van der Waals surface area (Å²) < 4.78 is 32.8. The molecule has 1 fully saturated rings. The number of para-hydroxylation sites is 1. The van der Waals surface area contributed by atoms with Crippen molar-refractivity contribution in [3.63, 3.8) is 0 Å². The second-order valence-electron chi connectivity index (χ2n) is 6.96. The molecule has 0 aliphatic carbocycles. The molecule has 2 aromatic rings. The third-order valence-electron chi connectivity index (χ3n) is 5.12. The van der Waals surface area contributed by atoms with Gasteiger partial charge in [0.05, 0.1) is 12.6 Å². The average molecular weight is 388 g/mol. The molecule has 2 aliphatic rings. The summed E-state index contributed by atoms with van der Waals surface area (Å²) in [4.78, 5) is 6.72. The summed E-state index contributed by atoms with van der Waals surface area (Å²) in [6.45, 7) is 3.16. The zero-order valence-corrected chi connectivity index (χ0v) is 16.2. The standard InChI is InChI=1S/C19H24N4O3S/c1-22-9-11-23(12-10-22)27(24,25)15-6-7-19(20-14-15)21-17-8-13-26-18-5-3-2-4-16(17)18/h2-7,14,17H,8-13H2,1H3,(H,20,21). The first kappa shape index (κ1) is 18.2. The second-order valence-corrected chi connectivity index (χ2v) is 8.90. The highest BCUT2D eigenvalue weighted by Gasteiger charge is 2.28. The fourth-order valence-electron chi connectivity index (χ4n) is 3.47. The molecule has 7 nitrogen and oxygen atoms in total. The fraction of sp³-hybridized carbons (Fsp3) is 0.421. The van der Waals surface area contributed by atoms with E-state index in [0.29, 0.717) is 25.5 Å². The molecule has 1 aromatic carbocycles. The predicted octanol–water partition coefficient (Wildman–Crippen LogP) is 1.95. The van der Waals surface area contributed by atoms with Crippen LogP contribution in [0.5, 0.6) is 5.75 Å². The summed E-state index contributed by atoms with van der Waals surface area (Å²) in [5.41, 5.74) is 1.10. The number of hydrogen-bond donors (Lipinski definition) is 1. The first-order valence-corrected chi connectivity index (χ1v) is 10.6. The van der Waals surface area contributed by atoms with Gasteiger partial charge in [0, 0.05) is 44.4 Å². The molecule has 0 bridgehead atoms. The largest absolute Gasteiger partial charge is 0.493 e. The van der Waals surface area contributed by atoms with Crippen molar-refractivity contribution in [3.05, 3.63) is 48.2 Å². The summed E-state index contributed by atoms with van der Waals surface area (Å²) in [6.07, 6.45) is 2.28. The van der Waals surface area contributed by atoms with Crippen molar-refractivity contribution in [1.82, 2.24) is 14.2 Å². The number of nitrogens with one attached hydrogen (secondary N) is 1. The van der Waals surface area contributed by atoms with Crippen LogP contribution in [-0.4, -0.2) is 62.4 Å². The number of sulfonamides is 1. The summed E-state index contributed by atoms with van der Waals surface area (Å²) in [5.74, 6) is 1.55. The smallest absolute Gasteiger partial charge is 0.244 e. The molecule has 144 valence electrons. The van der Waals surface area contributed by atoms with Crippen LogP contribution < -0.4 is 10.1 Å². The van der Waals surface area contributed by atoms with Gasteiger partial charge in [-0.2, -0.15) is 4.31 Å². The number of benzene rings is 1. The lowest BCUT2D eigenvalue weighted by Crippen LogP contribution is -2.47. The summed E-state index contributed by atoms with van der Waals surface area (Å²) in [5, 5.41) is 3.39. The molecule has 0 saturated carbocycles. The fourth-order valence-corrected chi connectivity index (χ4v) is 4.83. The number of hydrogen-bond acceptors (Lipinski definition) is 6. The summed E-state index contributed by atoms with van der Waals surface area (Å²) in [7, 11) is -1.49. The number of fused-ring (bicyclic) bond motifs is 1. The number of ether oxygens (including phenoxy) is 1. The van der Waals surface area contributed by atoms with Gasteiger partial charge in [-0.05, 0) is 25.2 Å². The topological polar surface area (TPSA) is 74.8 Å². The van der Waals surface area contributed by atoms with Gasteiger partial charge >= 0.3 is 0 Å². The van der Waals surface area contributed by atoms with E-state index in [1.807, 2.05) is 31.3 Å². The van der Waals surface area contributed by atoms with Crippen molar-refractivity contribution in [2.75, 3.05) is 45.2 Å². The van der Waals surface area contributed by atoms with Gasteiger partial charge in [0.25, 0.3) is 0 Å². The van der Waals surface area contributed by atoms with Crippen LogP contribution in [0.4, 0.5) is 5.82 Å². The minimum absolute atomic E-state index is 0.0996. The maximum Gasteiger partial charge on any atom is 0.244 e. The molecule has 1 aromatic heterocycles. The number of nitrogens with zero attached hydrogens (tertiary/aromatic N) is 3. The minimum Gasteiger partial charge on any atom is -0.493 e. The van der Waals surface area contributed by atoms with Gasteiger partial charge in [-0.15, -0.1) is 0 Å². The van der Waals surface area contributed by atoms with Crippen molar-refractivity contribution in [2.24, 2.45) is 0 Å². The van der Waals surface area contributed by atoms with Gasteiger partial charge in [-0.25, -0.2) is 13.4 Å². The Morgan fingerprint density at radius 3 is 2.63 bits per heavy atom. The number of anilines is 1. The predicted molar refractivity (Wildman–Crippen MR) is 103 cm³/mol. The molecule has 27 heavy (non-hydrogen) atoms. The Morgan fingerprint density at radius 2 is 1.89 bits per heavy atom. The van der Waals surface area contributed by atoms with Crippen LogP contribution in [0.25, 0.3) is 0 Å². The number of piperazine rings is 1. The van der Waals surface area contributed by atoms with Crippen LogP contribution in [0, 0.1) is 0 Å². The Kier molecular flexibility index (Phi) is 5.03. The van der Waals surface area contributed by atoms with E-state index in [9.17, 15) is 8.42 Å². The van der Waals surface area contributed by atoms with Crippen molar-refractivity contribution in [1.29, 1.82) is 0 Å². The Bertz CT molecular complexity index is 893. The second kappa shape index (κ2) is 7.46. The highest BCUT2D eigenvalue weighted by atomic mass is 32.2. The third-order valence-corrected chi connectivity index (χ3v) is 7.00. The molecule has 8 heteroatoms. The molecular weight excluding hydrogens is 364 g/mol. The number of pyridine rings is 1. The molecule has 3 heterocycles. The van der Waals surface area contributed by atoms with E-state index in [1.165, 1.54) is 10.5 Å². The molecule has 1 unspecified atom stereocenters. The monoisotopic (exact) mass is 388 g/mol. The minimum atomic E-state index is -3.49. The highest BCUT2D eigenvalue weighted by Crippen LogP contribution is 2.33. The zero-order chi connectivity index (χ0) is 18.9. The van der Waals surface area contributed by atoms with E-state index >= 15 is 0 Å². The molecule has 1 atom stereocenters. The van der Waals surface area contributed by atoms with Crippen LogP contribution in [0.15, 0.2) is 47.5 Å². The SMILES string of the molecule is CN1CCN(S(=O)(=O)c2ccc(NC3CCOc4ccccc43)nc2)CC1. The number of likely N-dealkylation sites (N-methyl/N-ethyl adjacent to an activating group) is 1. The van der Waals surface area contributed by atoms with Crippen molar-refractivity contribution < 1.29 is 13.2 Å². The lowest BCUT2D eigenvalue weighted by molar-refractivity contribution is 0.222. The van der Waals surface area contributed by atoms with Gasteiger partial charge in [0.2, 0.25) is 10.0 Å². The van der Waals surface area contributed by atoms with Gasteiger partial charge < -0.3 is 15.0 Å². The Hall–Kier alpha value is -2.16. The molecule has 0 spiro atoms. The van der Waals surface area contributed by atoms with E-state index in [4.69, 9.17) is 4.74 Å². The molecule has 1 saturated heterocycles. The van der Waals surface area contributed by atoms with Gasteiger partial charge in [0.1, 0.15) is 16.5 Å². The molecule has 2 aliphatic heterocycles. The first-order valence-electron chi connectivity index (χ1n) is 9.17. The van der Waals surface area contributed by atoms with E-state index in [2.05, 4.69) is 15.2 Å². The maximum absolute atomic E-state index is 12.8. The molecule has 1 N–H and O–H groups in total. The van der Waals surface area contributed by atoms with Crippen LogP contribution in [0.2, 0.25) is 0 Å². The number of rotatable bonds is 4. The van der Waals surface area contributed by atoms with Crippen molar-refractivity contribution in [3.8, 4) is 5.75 Å². The van der Waals surface area contributed by atoms with Crippen LogP contribution in [0.3, 0.4) is 0 Å². The van der Waals surface area contributed by atoms with Crippen molar-refractivity contribution >= 4 is 15.8 Å². The lowest BCUT2D eigenvalue weighted by atomic mass is 10.0. The van der Waals surface area contributed by atoms with Gasteiger partial charge in [0.15, 0.2) is 0 Å². The van der Waals surface area contributed by atoms with E-state index < -0.39 is 10.0 Å². The quantitative estimate of drug-likeness (QED) is 0.863. The average Bonchev–Trinajstić information content (AvgIpc) is 2.69. The van der Waals surface area contributed by atoms with Crippen LogP contribution in [-0.2, 0) is 10.0 Å². The number of aromatic nitrogens is 1. The Labute approximate surface area is 160 Å². The van der Waals surface area contributed by atoms with E-state index in [0.717, 1.165) is 30.8 Å². The van der Waals surface area contributed by atoms with Gasteiger partial charge in [-0.1, -0.05) is 18.2 Å². The van der Waals surface area contributed by atoms with Gasteiger partial charge in [-0.3, -0.25) is 0 Å². The van der Waals surface area contributed by atoms with E-state index in [1.54, 1.807) is 12.1 Å². The Morgan fingerprint density at radius 1 is 1.11 bits per heavy atom. The molecule has 0 amide bonds. The van der Waals surface area contributed by atoms with Crippen LogP contribution >= 0.6 is 0 Å².